The molecule has 1 heterocycles. The van der Waals surface area contributed by atoms with E-state index in [0.717, 1.165) is 16.6 Å². The summed E-state index contributed by atoms with van der Waals surface area (Å²) < 4.78 is 0. The molecule has 5 heteroatoms. The molecule has 0 aliphatic rings. The molecular formula is C18H20N4S. The standard InChI is InChI=1S/C18H20N4S/c1-12-4-6-16(7-5-12)19-17-20-18(22-21-17)23-11-15-9-13(2)8-14(3)10-15/h4-10H,11H2,1-3H3,(H2,19,20,21,22). The van der Waals surface area contributed by atoms with Crippen molar-refractivity contribution >= 4 is 23.4 Å². The number of aromatic nitrogens is 3. The molecule has 0 radical (unpaired) electrons. The summed E-state index contributed by atoms with van der Waals surface area (Å²) in [6.45, 7) is 6.31. The fourth-order valence-corrected chi connectivity index (χ4v) is 3.17. The molecule has 3 aromatic rings. The summed E-state index contributed by atoms with van der Waals surface area (Å²) in [6.07, 6.45) is 0. The van der Waals surface area contributed by atoms with Crippen molar-refractivity contribution in [3.8, 4) is 0 Å². The monoisotopic (exact) mass is 324 g/mol. The van der Waals surface area contributed by atoms with E-state index in [9.17, 15) is 0 Å². The number of H-pyrrole nitrogens is 1. The molecule has 4 nitrogen and oxygen atoms in total. The van der Waals surface area contributed by atoms with Crippen molar-refractivity contribution in [1.82, 2.24) is 15.2 Å². The van der Waals surface area contributed by atoms with Crippen molar-refractivity contribution in [2.75, 3.05) is 5.32 Å². The van der Waals surface area contributed by atoms with Crippen LogP contribution in [0.4, 0.5) is 11.6 Å². The summed E-state index contributed by atoms with van der Waals surface area (Å²) in [6, 6.07) is 14.8. The van der Waals surface area contributed by atoms with Crippen molar-refractivity contribution in [2.24, 2.45) is 0 Å². The summed E-state index contributed by atoms with van der Waals surface area (Å²) in [5.41, 5.74) is 6.11. The quantitative estimate of drug-likeness (QED) is 0.664. The molecule has 0 amide bonds. The molecule has 0 aliphatic heterocycles. The third-order valence-corrected chi connectivity index (χ3v) is 4.35. The van der Waals surface area contributed by atoms with Crippen LogP contribution in [0.5, 0.6) is 0 Å². The van der Waals surface area contributed by atoms with E-state index >= 15 is 0 Å². The Hall–Kier alpha value is -2.27. The van der Waals surface area contributed by atoms with Crippen molar-refractivity contribution in [3.63, 3.8) is 0 Å². The number of hydrogen-bond donors (Lipinski definition) is 2. The van der Waals surface area contributed by atoms with Gasteiger partial charge in [0.05, 0.1) is 0 Å². The highest BCUT2D eigenvalue weighted by Gasteiger charge is 2.05. The topological polar surface area (TPSA) is 53.6 Å². The predicted molar refractivity (Wildman–Crippen MR) is 96.3 cm³/mol. The molecular weight excluding hydrogens is 304 g/mol. The summed E-state index contributed by atoms with van der Waals surface area (Å²) in [5.74, 6) is 1.53. The fraction of sp³-hybridized carbons (Fsp3) is 0.222. The first-order valence-corrected chi connectivity index (χ1v) is 8.53. The van der Waals surface area contributed by atoms with E-state index in [1.54, 1.807) is 11.8 Å². The van der Waals surface area contributed by atoms with Gasteiger partial charge in [-0.05, 0) is 38.5 Å². The number of aryl methyl sites for hydroxylation is 3. The highest BCUT2D eigenvalue weighted by Crippen LogP contribution is 2.22. The van der Waals surface area contributed by atoms with Gasteiger partial charge in [0.2, 0.25) is 11.1 Å². The molecule has 2 N–H and O–H groups in total. The number of thioether (sulfide) groups is 1. The van der Waals surface area contributed by atoms with Crippen LogP contribution in [0, 0.1) is 20.8 Å². The number of anilines is 2. The second kappa shape index (κ2) is 6.87. The van der Waals surface area contributed by atoms with Crippen LogP contribution in [-0.2, 0) is 5.75 Å². The van der Waals surface area contributed by atoms with Crippen molar-refractivity contribution in [1.29, 1.82) is 0 Å². The zero-order chi connectivity index (χ0) is 16.2. The van der Waals surface area contributed by atoms with Gasteiger partial charge in [-0.25, -0.2) is 5.10 Å². The summed E-state index contributed by atoms with van der Waals surface area (Å²) in [4.78, 5) is 4.47. The van der Waals surface area contributed by atoms with E-state index in [2.05, 4.69) is 71.6 Å². The van der Waals surface area contributed by atoms with E-state index in [1.165, 1.54) is 22.3 Å². The Balaban J connectivity index is 1.61. The van der Waals surface area contributed by atoms with Gasteiger partial charge in [0, 0.05) is 11.4 Å². The molecule has 23 heavy (non-hydrogen) atoms. The lowest BCUT2D eigenvalue weighted by Gasteiger charge is -2.03. The smallest absolute Gasteiger partial charge is 0.223 e. The molecule has 2 aromatic carbocycles. The van der Waals surface area contributed by atoms with Crippen LogP contribution in [0.15, 0.2) is 47.6 Å². The zero-order valence-electron chi connectivity index (χ0n) is 13.6. The van der Waals surface area contributed by atoms with Gasteiger partial charge < -0.3 is 5.32 Å². The second-order valence-electron chi connectivity index (χ2n) is 5.74. The Kier molecular flexibility index (Phi) is 4.67. The molecule has 0 spiro atoms. The number of benzene rings is 2. The van der Waals surface area contributed by atoms with Crippen LogP contribution < -0.4 is 5.32 Å². The van der Waals surface area contributed by atoms with Crippen molar-refractivity contribution in [3.05, 3.63) is 64.7 Å². The Morgan fingerprint density at radius 2 is 1.65 bits per heavy atom. The molecule has 0 bridgehead atoms. The number of hydrogen-bond acceptors (Lipinski definition) is 4. The van der Waals surface area contributed by atoms with Gasteiger partial charge in [0.1, 0.15) is 0 Å². The van der Waals surface area contributed by atoms with Crippen LogP contribution in [0.25, 0.3) is 0 Å². The number of nitrogens with zero attached hydrogens (tertiary/aromatic N) is 2. The second-order valence-corrected chi connectivity index (χ2v) is 6.68. The van der Waals surface area contributed by atoms with Gasteiger partial charge in [-0.2, -0.15) is 4.98 Å². The van der Waals surface area contributed by atoms with Gasteiger partial charge in [0.25, 0.3) is 0 Å². The van der Waals surface area contributed by atoms with Crippen LogP contribution >= 0.6 is 11.8 Å². The van der Waals surface area contributed by atoms with Crippen molar-refractivity contribution in [2.45, 2.75) is 31.7 Å². The first kappa shape index (κ1) is 15.6. The summed E-state index contributed by atoms with van der Waals surface area (Å²) in [5, 5.41) is 11.2. The molecule has 0 unspecified atom stereocenters. The lowest BCUT2D eigenvalue weighted by molar-refractivity contribution is 0.973. The zero-order valence-corrected chi connectivity index (χ0v) is 14.4. The lowest BCUT2D eigenvalue weighted by Crippen LogP contribution is -1.92. The molecule has 0 saturated heterocycles. The first-order chi connectivity index (χ1) is 11.1. The third-order valence-electron chi connectivity index (χ3n) is 3.43. The maximum atomic E-state index is 4.47. The van der Waals surface area contributed by atoms with Gasteiger partial charge >= 0.3 is 0 Å². The van der Waals surface area contributed by atoms with E-state index in [1.807, 2.05) is 12.1 Å². The maximum absolute atomic E-state index is 4.47. The van der Waals surface area contributed by atoms with Crippen LogP contribution in [0.3, 0.4) is 0 Å². The van der Waals surface area contributed by atoms with Gasteiger partial charge in [-0.3, -0.25) is 0 Å². The molecule has 0 aliphatic carbocycles. The highest BCUT2D eigenvalue weighted by atomic mass is 32.2. The van der Waals surface area contributed by atoms with Crippen LogP contribution in [-0.4, -0.2) is 15.2 Å². The minimum absolute atomic E-state index is 0.664. The van der Waals surface area contributed by atoms with E-state index in [-0.39, 0.29) is 0 Å². The Bertz CT molecular complexity index is 773. The average molecular weight is 324 g/mol. The maximum Gasteiger partial charge on any atom is 0.223 e. The largest absolute Gasteiger partial charge is 0.325 e. The van der Waals surface area contributed by atoms with Crippen LogP contribution in [0.2, 0.25) is 0 Å². The van der Waals surface area contributed by atoms with Crippen molar-refractivity contribution < 1.29 is 0 Å². The lowest BCUT2D eigenvalue weighted by atomic mass is 10.1. The number of rotatable bonds is 5. The van der Waals surface area contributed by atoms with E-state index in [0.29, 0.717) is 5.95 Å². The van der Waals surface area contributed by atoms with E-state index in [4.69, 9.17) is 0 Å². The molecule has 0 saturated carbocycles. The summed E-state index contributed by atoms with van der Waals surface area (Å²) >= 11 is 1.63. The minimum atomic E-state index is 0.664. The number of nitrogens with one attached hydrogen (secondary N) is 2. The Morgan fingerprint density at radius 3 is 2.35 bits per heavy atom. The third kappa shape index (κ3) is 4.36. The van der Waals surface area contributed by atoms with Gasteiger partial charge in [0.15, 0.2) is 0 Å². The molecule has 0 atom stereocenters. The molecule has 0 fully saturated rings. The molecule has 3 rings (SSSR count). The minimum Gasteiger partial charge on any atom is -0.325 e. The predicted octanol–water partition coefficient (Wildman–Crippen LogP) is 4.77. The van der Waals surface area contributed by atoms with Crippen LogP contribution in [0.1, 0.15) is 22.3 Å². The molecule has 118 valence electrons. The highest BCUT2D eigenvalue weighted by molar-refractivity contribution is 7.98. The Morgan fingerprint density at radius 1 is 0.957 bits per heavy atom. The van der Waals surface area contributed by atoms with Gasteiger partial charge in [-0.1, -0.05) is 58.8 Å². The van der Waals surface area contributed by atoms with Gasteiger partial charge in [-0.15, -0.1) is 5.10 Å². The number of aromatic amines is 1. The average Bonchev–Trinajstić information content (AvgIpc) is 2.94. The molecule has 1 aromatic heterocycles. The Labute approximate surface area is 140 Å². The fourth-order valence-electron chi connectivity index (χ4n) is 2.44. The SMILES string of the molecule is Cc1ccc(Nc2nc(SCc3cc(C)cc(C)c3)n[nH]2)cc1. The first-order valence-electron chi connectivity index (χ1n) is 7.54. The van der Waals surface area contributed by atoms with E-state index < -0.39 is 0 Å². The normalized spacial score (nSPS) is 10.7. The summed E-state index contributed by atoms with van der Waals surface area (Å²) in [7, 11) is 0.